The minimum Gasteiger partial charge on any atom is -0.484 e. The van der Waals surface area contributed by atoms with E-state index in [0.717, 1.165) is 16.1 Å². The largest absolute Gasteiger partial charge is 0.484 e. The van der Waals surface area contributed by atoms with Gasteiger partial charge >= 0.3 is 6.18 Å². The molecule has 0 aliphatic rings. The summed E-state index contributed by atoms with van der Waals surface area (Å²) < 4.78 is 40.9. The standard InChI is InChI=1S/C14H15F3N2OS/c1-8(12-9(2)19-13(18)21-12)10-3-5-11(6-4-10)20-7-14(15,16)17/h3-6,8H,7H2,1-2H3,(H2,18,19). The molecule has 2 N–H and O–H groups in total. The van der Waals surface area contributed by atoms with Gasteiger partial charge in [-0.15, -0.1) is 11.3 Å². The lowest BCUT2D eigenvalue weighted by molar-refractivity contribution is -0.153. The number of benzene rings is 1. The summed E-state index contributed by atoms with van der Waals surface area (Å²) in [5, 5.41) is 0.513. The van der Waals surface area contributed by atoms with Gasteiger partial charge in [-0.05, 0) is 24.6 Å². The van der Waals surface area contributed by atoms with Gasteiger partial charge in [0.25, 0.3) is 0 Å². The van der Waals surface area contributed by atoms with Gasteiger partial charge in [0.05, 0.1) is 5.69 Å². The van der Waals surface area contributed by atoms with E-state index in [-0.39, 0.29) is 11.7 Å². The summed E-state index contributed by atoms with van der Waals surface area (Å²) in [5.74, 6) is 0.278. The van der Waals surface area contributed by atoms with Gasteiger partial charge in [0.1, 0.15) is 5.75 Å². The topological polar surface area (TPSA) is 48.1 Å². The van der Waals surface area contributed by atoms with E-state index in [1.807, 2.05) is 13.8 Å². The maximum atomic E-state index is 12.1. The highest BCUT2D eigenvalue weighted by molar-refractivity contribution is 7.15. The summed E-state index contributed by atoms with van der Waals surface area (Å²) in [7, 11) is 0. The average Bonchev–Trinajstić information content (AvgIpc) is 2.74. The van der Waals surface area contributed by atoms with Gasteiger partial charge in [-0.3, -0.25) is 0 Å². The van der Waals surface area contributed by atoms with Crippen LogP contribution in [0.1, 0.15) is 29.0 Å². The van der Waals surface area contributed by atoms with E-state index < -0.39 is 12.8 Å². The molecule has 3 nitrogen and oxygen atoms in total. The third kappa shape index (κ3) is 4.10. The highest BCUT2D eigenvalue weighted by Crippen LogP contribution is 2.33. The lowest BCUT2D eigenvalue weighted by Crippen LogP contribution is -2.19. The first-order chi connectivity index (χ1) is 9.76. The van der Waals surface area contributed by atoms with Crippen molar-refractivity contribution in [3.8, 4) is 5.75 Å². The van der Waals surface area contributed by atoms with Crippen molar-refractivity contribution in [3.63, 3.8) is 0 Å². The van der Waals surface area contributed by atoms with Crippen LogP contribution in [0.4, 0.5) is 18.3 Å². The van der Waals surface area contributed by atoms with Crippen LogP contribution in [0, 0.1) is 6.92 Å². The summed E-state index contributed by atoms with van der Waals surface area (Å²) in [6, 6.07) is 6.59. The second-order valence-electron chi connectivity index (χ2n) is 4.70. The number of hydrogen-bond donors (Lipinski definition) is 1. The van der Waals surface area contributed by atoms with Crippen LogP contribution in [0.25, 0.3) is 0 Å². The first kappa shape index (κ1) is 15.6. The highest BCUT2D eigenvalue weighted by atomic mass is 32.1. The second kappa shape index (κ2) is 5.93. The smallest absolute Gasteiger partial charge is 0.422 e. The summed E-state index contributed by atoms with van der Waals surface area (Å²) in [6.07, 6.45) is -4.33. The predicted molar refractivity (Wildman–Crippen MR) is 76.8 cm³/mol. The number of nitrogens with two attached hydrogens (primary N) is 1. The first-order valence-electron chi connectivity index (χ1n) is 6.28. The van der Waals surface area contributed by atoms with E-state index in [1.165, 1.54) is 23.5 Å². The van der Waals surface area contributed by atoms with Crippen molar-refractivity contribution in [1.82, 2.24) is 4.98 Å². The molecule has 114 valence electrons. The molecule has 0 amide bonds. The zero-order chi connectivity index (χ0) is 15.6. The number of nitrogens with zero attached hydrogens (tertiary/aromatic N) is 1. The summed E-state index contributed by atoms with van der Waals surface area (Å²) in [5.41, 5.74) is 7.53. The normalized spacial score (nSPS) is 13.2. The van der Waals surface area contributed by atoms with Crippen molar-refractivity contribution < 1.29 is 17.9 Å². The van der Waals surface area contributed by atoms with E-state index in [4.69, 9.17) is 5.73 Å². The predicted octanol–water partition coefficient (Wildman–Crippen LogP) is 4.13. The molecule has 0 aliphatic carbocycles. The van der Waals surface area contributed by atoms with Gasteiger partial charge in [-0.2, -0.15) is 13.2 Å². The van der Waals surface area contributed by atoms with Crippen LogP contribution < -0.4 is 10.5 Å². The number of thiazole rings is 1. The molecule has 21 heavy (non-hydrogen) atoms. The molecule has 0 fully saturated rings. The quantitative estimate of drug-likeness (QED) is 0.922. The molecule has 0 aliphatic heterocycles. The van der Waals surface area contributed by atoms with Crippen LogP contribution in [-0.2, 0) is 0 Å². The van der Waals surface area contributed by atoms with Gasteiger partial charge < -0.3 is 10.5 Å². The Labute approximate surface area is 124 Å². The van der Waals surface area contributed by atoms with E-state index in [9.17, 15) is 13.2 Å². The number of ether oxygens (including phenoxy) is 1. The lowest BCUT2D eigenvalue weighted by Gasteiger charge is -2.13. The number of halogens is 3. The SMILES string of the molecule is Cc1nc(N)sc1C(C)c1ccc(OCC(F)(F)F)cc1. The summed E-state index contributed by atoms with van der Waals surface area (Å²) in [4.78, 5) is 5.23. The average molecular weight is 316 g/mol. The van der Waals surface area contributed by atoms with Crippen LogP contribution in [0.5, 0.6) is 5.75 Å². The molecule has 0 saturated heterocycles. The number of aromatic nitrogens is 1. The maximum absolute atomic E-state index is 12.1. The Morgan fingerprint density at radius 3 is 2.38 bits per heavy atom. The number of nitrogen functional groups attached to an aromatic ring is 1. The molecule has 2 aromatic rings. The number of anilines is 1. The van der Waals surface area contributed by atoms with E-state index >= 15 is 0 Å². The molecule has 7 heteroatoms. The fraction of sp³-hybridized carbons (Fsp3) is 0.357. The minimum atomic E-state index is -4.33. The van der Waals surface area contributed by atoms with Crippen LogP contribution in [0.3, 0.4) is 0 Å². The lowest BCUT2D eigenvalue weighted by atomic mass is 9.98. The van der Waals surface area contributed by atoms with Crippen molar-refractivity contribution >= 4 is 16.5 Å². The van der Waals surface area contributed by atoms with Gasteiger partial charge in [0.15, 0.2) is 11.7 Å². The van der Waals surface area contributed by atoms with Crippen molar-refractivity contribution in [2.24, 2.45) is 0 Å². The summed E-state index contributed by atoms with van der Waals surface area (Å²) >= 11 is 1.42. The van der Waals surface area contributed by atoms with Crippen molar-refractivity contribution in [2.75, 3.05) is 12.3 Å². The zero-order valence-electron chi connectivity index (χ0n) is 11.6. The molecule has 0 bridgehead atoms. The number of hydrogen-bond acceptors (Lipinski definition) is 4. The Bertz CT molecular complexity index is 608. The van der Waals surface area contributed by atoms with E-state index in [1.54, 1.807) is 12.1 Å². The highest BCUT2D eigenvalue weighted by Gasteiger charge is 2.28. The first-order valence-corrected chi connectivity index (χ1v) is 7.10. The third-order valence-corrected chi connectivity index (χ3v) is 4.19. The minimum absolute atomic E-state index is 0.0801. The number of alkyl halides is 3. The van der Waals surface area contributed by atoms with Crippen LogP contribution in [-0.4, -0.2) is 17.8 Å². The van der Waals surface area contributed by atoms with Crippen molar-refractivity contribution in [3.05, 3.63) is 40.4 Å². The molecule has 1 aromatic carbocycles. The maximum Gasteiger partial charge on any atom is 0.422 e. The van der Waals surface area contributed by atoms with Crippen molar-refractivity contribution in [2.45, 2.75) is 25.9 Å². The molecule has 0 radical (unpaired) electrons. The van der Waals surface area contributed by atoms with Gasteiger partial charge in [0.2, 0.25) is 0 Å². The van der Waals surface area contributed by atoms with E-state index in [0.29, 0.717) is 5.13 Å². The molecule has 2 rings (SSSR count). The van der Waals surface area contributed by atoms with Crippen LogP contribution in [0.2, 0.25) is 0 Å². The Morgan fingerprint density at radius 1 is 1.29 bits per heavy atom. The van der Waals surface area contributed by atoms with Crippen molar-refractivity contribution in [1.29, 1.82) is 0 Å². The Morgan fingerprint density at radius 2 is 1.90 bits per heavy atom. The summed E-state index contributed by atoms with van der Waals surface area (Å²) in [6.45, 7) is 2.61. The molecule has 1 heterocycles. The molecule has 1 aromatic heterocycles. The van der Waals surface area contributed by atoms with Gasteiger partial charge in [-0.25, -0.2) is 4.98 Å². The molecule has 1 atom stereocenters. The van der Waals surface area contributed by atoms with Gasteiger partial charge in [0, 0.05) is 10.8 Å². The zero-order valence-corrected chi connectivity index (χ0v) is 12.4. The monoisotopic (exact) mass is 316 g/mol. The fourth-order valence-corrected chi connectivity index (χ4v) is 2.91. The Balaban J connectivity index is 2.10. The Hall–Kier alpha value is -1.76. The van der Waals surface area contributed by atoms with Crippen LogP contribution in [0.15, 0.2) is 24.3 Å². The molecular formula is C14H15F3N2OS. The number of rotatable bonds is 4. The van der Waals surface area contributed by atoms with E-state index in [2.05, 4.69) is 9.72 Å². The molecule has 0 spiro atoms. The number of aryl methyl sites for hydroxylation is 1. The van der Waals surface area contributed by atoms with Crippen LogP contribution >= 0.6 is 11.3 Å². The molecule has 1 unspecified atom stereocenters. The fourth-order valence-electron chi connectivity index (χ4n) is 2.00. The third-order valence-electron chi connectivity index (χ3n) is 3.02. The second-order valence-corrected chi connectivity index (χ2v) is 5.76. The van der Waals surface area contributed by atoms with Gasteiger partial charge in [-0.1, -0.05) is 19.1 Å². The molecule has 0 saturated carbocycles. The molecular weight excluding hydrogens is 301 g/mol. The Kier molecular flexibility index (Phi) is 4.41.